The Morgan fingerprint density at radius 2 is 1.38 bits per heavy atom. The Balaban J connectivity index is 5.08. The zero-order valence-corrected chi connectivity index (χ0v) is 17.4. The minimum absolute atomic E-state index is 0.00297. The molecule has 0 saturated carbocycles. The molecule has 4 atom stereocenters. The van der Waals surface area contributed by atoms with E-state index in [1.807, 2.05) is 13.8 Å². The summed E-state index contributed by atoms with van der Waals surface area (Å²) in [5.41, 5.74) is 5.51. The maximum Gasteiger partial charge on any atom is 0.326 e. The third kappa shape index (κ3) is 9.88. The van der Waals surface area contributed by atoms with E-state index in [1.165, 1.54) is 6.92 Å². The van der Waals surface area contributed by atoms with Crippen LogP contribution in [0.2, 0.25) is 0 Å². The van der Waals surface area contributed by atoms with Crippen molar-refractivity contribution >= 4 is 29.7 Å². The molecule has 166 valence electrons. The fourth-order valence-electron chi connectivity index (χ4n) is 2.43. The number of amides is 3. The third-order valence-electron chi connectivity index (χ3n) is 4.05. The molecule has 0 aromatic carbocycles. The molecule has 0 aliphatic rings. The zero-order valence-electron chi connectivity index (χ0n) is 17.4. The van der Waals surface area contributed by atoms with Crippen molar-refractivity contribution in [1.82, 2.24) is 16.0 Å². The zero-order chi connectivity index (χ0) is 22.9. The van der Waals surface area contributed by atoms with Gasteiger partial charge in [0.15, 0.2) is 0 Å². The molecule has 0 aliphatic carbocycles. The van der Waals surface area contributed by atoms with Crippen molar-refractivity contribution in [2.24, 2.45) is 17.6 Å². The lowest BCUT2D eigenvalue weighted by molar-refractivity contribution is -0.143. The molecular formula is C18H32N4O7. The summed E-state index contributed by atoms with van der Waals surface area (Å²) in [4.78, 5) is 58.7. The number of rotatable bonds is 12. The maximum absolute atomic E-state index is 12.5. The van der Waals surface area contributed by atoms with Crippen LogP contribution >= 0.6 is 0 Å². The first kappa shape index (κ1) is 26.3. The molecule has 3 amide bonds. The fourth-order valence-corrected chi connectivity index (χ4v) is 2.43. The maximum atomic E-state index is 12.5. The van der Waals surface area contributed by atoms with Crippen LogP contribution < -0.4 is 21.7 Å². The van der Waals surface area contributed by atoms with Crippen LogP contribution in [0.5, 0.6) is 0 Å². The van der Waals surface area contributed by atoms with Gasteiger partial charge < -0.3 is 31.9 Å². The lowest BCUT2D eigenvalue weighted by atomic mass is 10.0. The molecule has 0 saturated heterocycles. The summed E-state index contributed by atoms with van der Waals surface area (Å²) in [7, 11) is 0. The normalized spacial score (nSPS) is 15.2. The van der Waals surface area contributed by atoms with Gasteiger partial charge in [0.2, 0.25) is 17.7 Å². The van der Waals surface area contributed by atoms with E-state index in [-0.39, 0.29) is 18.3 Å². The van der Waals surface area contributed by atoms with E-state index in [0.717, 1.165) is 0 Å². The molecule has 0 aliphatic heterocycles. The number of carboxylic acid groups (broad SMARTS) is 2. The van der Waals surface area contributed by atoms with Gasteiger partial charge >= 0.3 is 11.9 Å². The number of carbonyl (C=O) groups is 5. The average Bonchev–Trinajstić information content (AvgIpc) is 2.56. The second kappa shape index (κ2) is 12.0. The second-order valence-corrected chi connectivity index (χ2v) is 7.69. The summed E-state index contributed by atoms with van der Waals surface area (Å²) < 4.78 is 0. The largest absolute Gasteiger partial charge is 0.481 e. The number of aliphatic carboxylic acids is 2. The van der Waals surface area contributed by atoms with Gasteiger partial charge in [0.25, 0.3) is 0 Å². The van der Waals surface area contributed by atoms with E-state index in [2.05, 4.69) is 16.0 Å². The molecular weight excluding hydrogens is 384 g/mol. The number of carbonyl (C=O) groups excluding carboxylic acids is 3. The summed E-state index contributed by atoms with van der Waals surface area (Å²) in [6.07, 6.45) is -0.359. The summed E-state index contributed by atoms with van der Waals surface area (Å²) in [5, 5.41) is 25.1. The molecule has 4 unspecified atom stereocenters. The molecule has 0 bridgehead atoms. The molecule has 0 aromatic heterocycles. The lowest BCUT2D eigenvalue weighted by Crippen LogP contribution is -2.57. The highest BCUT2D eigenvalue weighted by atomic mass is 16.4. The number of nitrogens with two attached hydrogens (primary N) is 1. The predicted molar refractivity (Wildman–Crippen MR) is 104 cm³/mol. The molecule has 0 rings (SSSR count). The molecule has 0 radical (unpaired) electrons. The minimum Gasteiger partial charge on any atom is -0.481 e. The first-order chi connectivity index (χ1) is 13.3. The van der Waals surface area contributed by atoms with Gasteiger partial charge in [-0.05, 0) is 25.2 Å². The van der Waals surface area contributed by atoms with Crippen LogP contribution in [0.3, 0.4) is 0 Å². The van der Waals surface area contributed by atoms with Gasteiger partial charge in [0.05, 0.1) is 12.5 Å². The van der Waals surface area contributed by atoms with E-state index in [0.29, 0.717) is 0 Å². The van der Waals surface area contributed by atoms with Crippen LogP contribution in [-0.4, -0.2) is 64.0 Å². The molecule has 7 N–H and O–H groups in total. The van der Waals surface area contributed by atoms with Crippen molar-refractivity contribution in [3.63, 3.8) is 0 Å². The minimum atomic E-state index is -1.32. The van der Waals surface area contributed by atoms with E-state index in [9.17, 15) is 24.0 Å². The quantitative estimate of drug-likeness (QED) is 0.235. The smallest absolute Gasteiger partial charge is 0.326 e. The lowest BCUT2D eigenvalue weighted by Gasteiger charge is -2.25. The van der Waals surface area contributed by atoms with Crippen LogP contribution in [0.25, 0.3) is 0 Å². The number of hydrogen-bond donors (Lipinski definition) is 6. The van der Waals surface area contributed by atoms with Crippen molar-refractivity contribution in [1.29, 1.82) is 0 Å². The number of carboxylic acids is 2. The van der Waals surface area contributed by atoms with Gasteiger partial charge in [-0.15, -0.1) is 0 Å². The van der Waals surface area contributed by atoms with Crippen LogP contribution in [0.4, 0.5) is 0 Å². The van der Waals surface area contributed by atoms with Gasteiger partial charge in [0.1, 0.15) is 18.1 Å². The third-order valence-corrected chi connectivity index (χ3v) is 4.05. The Kier molecular flexibility index (Phi) is 10.9. The van der Waals surface area contributed by atoms with E-state index in [1.54, 1.807) is 13.8 Å². The van der Waals surface area contributed by atoms with Crippen LogP contribution in [0, 0.1) is 11.8 Å². The molecule has 0 fully saturated rings. The highest BCUT2D eigenvalue weighted by Gasteiger charge is 2.30. The SMILES string of the molecule is CC(C)CC(NC(=O)C(N)CC(=O)O)C(=O)NC(C)C(=O)NC(C(=O)O)C(C)C. The van der Waals surface area contributed by atoms with E-state index >= 15 is 0 Å². The second-order valence-electron chi connectivity index (χ2n) is 7.69. The number of hydrogen-bond acceptors (Lipinski definition) is 6. The first-order valence-corrected chi connectivity index (χ1v) is 9.37. The molecule has 11 nitrogen and oxygen atoms in total. The molecule has 0 aromatic rings. The van der Waals surface area contributed by atoms with Crippen molar-refractivity contribution in [3.05, 3.63) is 0 Å². The van der Waals surface area contributed by atoms with Crippen LogP contribution in [0.15, 0.2) is 0 Å². The topological polar surface area (TPSA) is 188 Å². The Labute approximate surface area is 169 Å². The van der Waals surface area contributed by atoms with Gasteiger partial charge in [-0.2, -0.15) is 0 Å². The number of nitrogens with one attached hydrogen (secondary N) is 3. The summed E-state index contributed by atoms with van der Waals surface area (Å²) in [6.45, 7) is 8.30. The highest BCUT2D eigenvalue weighted by Crippen LogP contribution is 2.07. The van der Waals surface area contributed by atoms with Crippen molar-refractivity contribution in [2.75, 3.05) is 0 Å². The van der Waals surface area contributed by atoms with Crippen molar-refractivity contribution < 1.29 is 34.2 Å². The van der Waals surface area contributed by atoms with Gasteiger partial charge in [-0.3, -0.25) is 19.2 Å². The Morgan fingerprint density at radius 1 is 0.828 bits per heavy atom. The summed E-state index contributed by atoms with van der Waals surface area (Å²) in [6, 6.07) is -4.51. The Hall–Kier alpha value is -2.69. The fraction of sp³-hybridized carbons (Fsp3) is 0.722. The van der Waals surface area contributed by atoms with Crippen molar-refractivity contribution in [2.45, 2.75) is 71.6 Å². The van der Waals surface area contributed by atoms with Gasteiger partial charge in [-0.25, -0.2) is 4.79 Å². The molecule has 0 spiro atoms. The molecule has 0 heterocycles. The van der Waals surface area contributed by atoms with Gasteiger partial charge in [-0.1, -0.05) is 27.7 Å². The average molecular weight is 416 g/mol. The highest BCUT2D eigenvalue weighted by molar-refractivity contribution is 5.94. The van der Waals surface area contributed by atoms with Gasteiger partial charge in [0, 0.05) is 0 Å². The van der Waals surface area contributed by atoms with Crippen molar-refractivity contribution in [3.8, 4) is 0 Å². The predicted octanol–water partition coefficient (Wildman–Crippen LogP) is -0.951. The Morgan fingerprint density at radius 3 is 1.79 bits per heavy atom. The Bertz CT molecular complexity index is 621. The molecule has 11 heteroatoms. The standard InChI is InChI=1S/C18H32N4O7/c1-8(2)6-12(21-16(26)11(19)7-13(23)24)17(27)20-10(5)15(25)22-14(9(3)4)18(28)29/h8-12,14H,6-7,19H2,1-5H3,(H,20,27)(H,21,26)(H,22,25)(H,23,24)(H,28,29). The van der Waals surface area contributed by atoms with Crippen LogP contribution in [0.1, 0.15) is 47.5 Å². The van der Waals surface area contributed by atoms with E-state index < -0.39 is 60.2 Å². The summed E-state index contributed by atoms with van der Waals surface area (Å²) >= 11 is 0. The first-order valence-electron chi connectivity index (χ1n) is 9.37. The van der Waals surface area contributed by atoms with Crippen LogP contribution in [-0.2, 0) is 24.0 Å². The molecule has 29 heavy (non-hydrogen) atoms. The van der Waals surface area contributed by atoms with E-state index in [4.69, 9.17) is 15.9 Å². The summed E-state index contributed by atoms with van der Waals surface area (Å²) in [5.74, 6) is -4.93. The monoisotopic (exact) mass is 416 g/mol.